The third kappa shape index (κ3) is 3.67. The summed E-state index contributed by atoms with van der Waals surface area (Å²) in [4.78, 5) is 18.3. The molecule has 0 bridgehead atoms. The van der Waals surface area contributed by atoms with E-state index in [9.17, 15) is 9.18 Å². The van der Waals surface area contributed by atoms with E-state index in [2.05, 4.69) is 10.1 Å². The largest absolute Gasteiger partial charge is 0.479 e. The molecule has 0 saturated carbocycles. The van der Waals surface area contributed by atoms with Gasteiger partial charge < -0.3 is 14.2 Å². The highest BCUT2D eigenvalue weighted by molar-refractivity contribution is 6.32. The fraction of sp³-hybridized carbons (Fsp3) is 0.438. The third-order valence-electron chi connectivity index (χ3n) is 4.10. The lowest BCUT2D eigenvalue weighted by Gasteiger charge is -2.32. The number of carbonyl (C=O) groups is 1. The predicted octanol–water partition coefficient (Wildman–Crippen LogP) is 3.04. The van der Waals surface area contributed by atoms with Crippen LogP contribution >= 0.6 is 11.6 Å². The predicted molar refractivity (Wildman–Crippen MR) is 84.4 cm³/mol. The quantitative estimate of drug-likeness (QED) is 0.845. The van der Waals surface area contributed by atoms with Crippen molar-refractivity contribution in [2.45, 2.75) is 31.8 Å². The molecule has 1 aliphatic heterocycles. The van der Waals surface area contributed by atoms with Gasteiger partial charge in [-0.3, -0.25) is 4.79 Å². The number of ether oxygens (including phenoxy) is 1. The molecule has 6 nitrogen and oxygen atoms in total. The average molecular weight is 354 g/mol. The van der Waals surface area contributed by atoms with Gasteiger partial charge in [0, 0.05) is 19.0 Å². The third-order valence-corrected chi connectivity index (χ3v) is 4.39. The highest BCUT2D eigenvalue weighted by Gasteiger charge is 2.29. The fourth-order valence-corrected chi connectivity index (χ4v) is 3.00. The molecule has 1 aliphatic rings. The summed E-state index contributed by atoms with van der Waals surface area (Å²) in [7, 11) is 0. The normalized spacial score (nSPS) is 16.9. The molecule has 8 heteroatoms. The number of benzene rings is 1. The number of hydrogen-bond donors (Lipinski definition) is 0. The van der Waals surface area contributed by atoms with Crippen molar-refractivity contribution < 1.29 is 18.4 Å². The molecule has 2 heterocycles. The van der Waals surface area contributed by atoms with Crippen LogP contribution in [-0.4, -0.2) is 40.1 Å². The molecule has 1 atom stereocenters. The molecule has 0 aliphatic carbocycles. The Morgan fingerprint density at radius 3 is 2.83 bits per heavy atom. The molecule has 1 saturated heterocycles. The molecule has 2 aromatic rings. The summed E-state index contributed by atoms with van der Waals surface area (Å²) < 4.78 is 23.4. The molecule has 3 rings (SSSR count). The second kappa shape index (κ2) is 7.17. The minimum absolute atomic E-state index is 0.123. The Hall–Kier alpha value is -2.15. The number of halogens is 2. The summed E-state index contributed by atoms with van der Waals surface area (Å²) in [5.41, 5.74) is 0. The van der Waals surface area contributed by atoms with Crippen LogP contribution in [0.25, 0.3) is 0 Å². The Morgan fingerprint density at radius 2 is 2.21 bits per heavy atom. The van der Waals surface area contributed by atoms with Gasteiger partial charge in [0.1, 0.15) is 11.6 Å². The molecule has 24 heavy (non-hydrogen) atoms. The minimum atomic E-state index is -0.699. The summed E-state index contributed by atoms with van der Waals surface area (Å²) in [5, 5.41) is 4.00. The van der Waals surface area contributed by atoms with E-state index in [1.807, 2.05) is 0 Å². The summed E-state index contributed by atoms with van der Waals surface area (Å²) in [6, 6.07) is 3.82. The molecule has 0 N–H and O–H groups in total. The Kier molecular flexibility index (Phi) is 4.99. The lowest BCUT2D eigenvalue weighted by Crippen LogP contribution is -2.44. The lowest BCUT2D eigenvalue weighted by atomic mass is 9.96. The summed E-state index contributed by atoms with van der Waals surface area (Å²) >= 11 is 5.93. The average Bonchev–Trinajstić information content (AvgIpc) is 3.11. The zero-order valence-electron chi connectivity index (χ0n) is 13.1. The van der Waals surface area contributed by atoms with Crippen molar-refractivity contribution in [3.63, 3.8) is 0 Å². The smallest absolute Gasteiger partial charge is 0.263 e. The van der Waals surface area contributed by atoms with Crippen LogP contribution in [0, 0.1) is 5.82 Å². The van der Waals surface area contributed by atoms with Gasteiger partial charge in [-0.15, -0.1) is 0 Å². The molecule has 128 valence electrons. The van der Waals surface area contributed by atoms with Crippen molar-refractivity contribution in [3.05, 3.63) is 41.3 Å². The number of likely N-dealkylation sites (tertiary alicyclic amines) is 1. The minimum Gasteiger partial charge on any atom is -0.479 e. The monoisotopic (exact) mass is 353 g/mol. The van der Waals surface area contributed by atoms with Crippen molar-refractivity contribution in [1.29, 1.82) is 0 Å². The zero-order valence-corrected chi connectivity index (χ0v) is 13.9. The maximum Gasteiger partial charge on any atom is 0.263 e. The molecule has 1 fully saturated rings. The van der Waals surface area contributed by atoms with Crippen LogP contribution in [0.5, 0.6) is 5.75 Å². The van der Waals surface area contributed by atoms with E-state index in [1.54, 1.807) is 11.8 Å². The van der Waals surface area contributed by atoms with E-state index in [0.717, 1.165) is 18.9 Å². The highest BCUT2D eigenvalue weighted by atomic mass is 35.5. The van der Waals surface area contributed by atoms with Gasteiger partial charge in [-0.2, -0.15) is 4.98 Å². The van der Waals surface area contributed by atoms with Gasteiger partial charge in [-0.1, -0.05) is 16.8 Å². The van der Waals surface area contributed by atoms with Gasteiger partial charge in [-0.05, 0) is 38.0 Å². The van der Waals surface area contributed by atoms with E-state index in [4.69, 9.17) is 20.9 Å². The summed E-state index contributed by atoms with van der Waals surface area (Å²) in [6.45, 7) is 2.86. The molecular weight excluding hydrogens is 337 g/mol. The standard InChI is InChI=1S/C16H17ClFN3O3/c1-10(24-14-3-2-12(18)8-13(14)17)16(22)21-6-4-11(5-7-21)15-19-9-23-20-15/h2-3,8-11H,4-7H2,1H3/t10-/m1/s1. The van der Waals surface area contributed by atoms with Crippen LogP contribution in [0.1, 0.15) is 31.5 Å². The number of amides is 1. The Balaban J connectivity index is 1.56. The number of rotatable bonds is 4. The van der Waals surface area contributed by atoms with Crippen LogP contribution in [0.15, 0.2) is 29.1 Å². The van der Waals surface area contributed by atoms with Crippen LogP contribution in [0.2, 0.25) is 5.02 Å². The SMILES string of the molecule is C[C@@H](Oc1ccc(F)cc1Cl)C(=O)N1CCC(c2ncon2)CC1. The van der Waals surface area contributed by atoms with Crippen molar-refractivity contribution in [2.75, 3.05) is 13.1 Å². The summed E-state index contributed by atoms with van der Waals surface area (Å²) in [5.74, 6) is 0.609. The van der Waals surface area contributed by atoms with Gasteiger partial charge >= 0.3 is 0 Å². The van der Waals surface area contributed by atoms with Crippen LogP contribution in [-0.2, 0) is 4.79 Å². The molecule has 1 aromatic carbocycles. The number of nitrogens with zero attached hydrogens (tertiary/aromatic N) is 3. The van der Waals surface area contributed by atoms with Crippen molar-refractivity contribution in [1.82, 2.24) is 15.0 Å². The first-order valence-corrected chi connectivity index (χ1v) is 8.09. The maximum atomic E-state index is 13.1. The molecule has 0 spiro atoms. The molecule has 1 aromatic heterocycles. The topological polar surface area (TPSA) is 68.5 Å². The van der Waals surface area contributed by atoms with Gasteiger partial charge in [0.05, 0.1) is 5.02 Å². The zero-order chi connectivity index (χ0) is 17.1. The molecule has 0 radical (unpaired) electrons. The van der Waals surface area contributed by atoms with Gasteiger partial charge in [0.25, 0.3) is 5.91 Å². The Labute approximate surface area is 143 Å². The number of hydrogen-bond acceptors (Lipinski definition) is 5. The second-order valence-corrected chi connectivity index (χ2v) is 6.13. The molecule has 0 unspecified atom stereocenters. The van der Waals surface area contributed by atoms with Crippen LogP contribution in [0.3, 0.4) is 0 Å². The number of aromatic nitrogens is 2. The summed E-state index contributed by atoms with van der Waals surface area (Å²) in [6.07, 6.45) is 2.16. The Morgan fingerprint density at radius 1 is 1.46 bits per heavy atom. The first kappa shape index (κ1) is 16.7. The Bertz CT molecular complexity index is 703. The highest BCUT2D eigenvalue weighted by Crippen LogP contribution is 2.28. The van der Waals surface area contributed by atoms with Crippen LogP contribution in [0.4, 0.5) is 4.39 Å². The molecule has 1 amide bonds. The lowest BCUT2D eigenvalue weighted by molar-refractivity contribution is -0.139. The first-order chi connectivity index (χ1) is 11.5. The maximum absolute atomic E-state index is 13.1. The first-order valence-electron chi connectivity index (χ1n) is 7.71. The van der Waals surface area contributed by atoms with Gasteiger partial charge in [0.15, 0.2) is 11.9 Å². The van der Waals surface area contributed by atoms with Crippen molar-refractivity contribution >= 4 is 17.5 Å². The van der Waals surface area contributed by atoms with Gasteiger partial charge in [-0.25, -0.2) is 4.39 Å². The molecular formula is C16H17ClFN3O3. The number of carbonyl (C=O) groups excluding carboxylic acids is 1. The van der Waals surface area contributed by atoms with E-state index in [0.29, 0.717) is 24.7 Å². The van der Waals surface area contributed by atoms with Gasteiger partial charge in [0.2, 0.25) is 6.39 Å². The van der Waals surface area contributed by atoms with Crippen molar-refractivity contribution in [2.24, 2.45) is 0 Å². The van der Waals surface area contributed by atoms with Crippen molar-refractivity contribution in [3.8, 4) is 5.75 Å². The van der Waals surface area contributed by atoms with Crippen LogP contribution < -0.4 is 4.74 Å². The van der Waals surface area contributed by atoms with E-state index >= 15 is 0 Å². The second-order valence-electron chi connectivity index (χ2n) is 5.72. The van der Waals surface area contributed by atoms with E-state index in [1.165, 1.54) is 18.5 Å². The fourth-order valence-electron chi connectivity index (χ4n) is 2.79. The van der Waals surface area contributed by atoms with E-state index < -0.39 is 11.9 Å². The van der Waals surface area contributed by atoms with E-state index in [-0.39, 0.29) is 16.8 Å². The number of piperidine rings is 1.